The largest absolute Gasteiger partial charge is 0.486 e. The van der Waals surface area contributed by atoms with Gasteiger partial charge in [0.05, 0.1) is 12.1 Å². The molecule has 3 amide bonds. The van der Waals surface area contributed by atoms with Crippen molar-refractivity contribution in [1.29, 1.82) is 0 Å². The van der Waals surface area contributed by atoms with Gasteiger partial charge in [-0.15, -0.1) is 0 Å². The van der Waals surface area contributed by atoms with E-state index in [2.05, 4.69) is 20.9 Å². The van der Waals surface area contributed by atoms with Crippen LogP contribution in [0.2, 0.25) is 0 Å². The monoisotopic (exact) mass is 626 g/mol. The number of nitrogens with one attached hydrogen (secondary N) is 3. The molecule has 3 aromatic carbocycles. The molecule has 0 unspecified atom stereocenters. The third-order valence-corrected chi connectivity index (χ3v) is 6.96. The summed E-state index contributed by atoms with van der Waals surface area (Å²) in [5.74, 6) is 1.03. The fourth-order valence-corrected chi connectivity index (χ4v) is 4.65. The van der Waals surface area contributed by atoms with Gasteiger partial charge in [0.25, 0.3) is 11.8 Å². The fourth-order valence-electron chi connectivity index (χ4n) is 4.65. The van der Waals surface area contributed by atoms with Gasteiger partial charge in [0.2, 0.25) is 5.88 Å². The maximum absolute atomic E-state index is 13.2. The van der Waals surface area contributed by atoms with Crippen LogP contribution in [0, 0.1) is 6.92 Å². The molecule has 2 heterocycles. The molecule has 11 heteroatoms. The van der Waals surface area contributed by atoms with Crippen LogP contribution in [0.5, 0.6) is 17.4 Å². The molecule has 3 N–H and O–H groups in total. The molecule has 0 radical (unpaired) electrons. The third-order valence-electron chi connectivity index (χ3n) is 6.96. The van der Waals surface area contributed by atoms with Crippen LogP contribution in [-0.2, 0) is 4.74 Å². The Hall–Kier alpha value is -5.32. The molecule has 0 spiro atoms. The van der Waals surface area contributed by atoms with Gasteiger partial charge in [-0.3, -0.25) is 9.59 Å². The highest BCUT2D eigenvalue weighted by Gasteiger charge is 2.17. The minimum atomic E-state index is -0.526. The summed E-state index contributed by atoms with van der Waals surface area (Å²) in [4.78, 5) is 42.4. The normalized spacial score (nSPS) is 12.3. The van der Waals surface area contributed by atoms with Crippen LogP contribution < -0.4 is 30.2 Å². The van der Waals surface area contributed by atoms with Crippen molar-refractivity contribution in [3.05, 3.63) is 83.4 Å². The highest BCUT2D eigenvalue weighted by molar-refractivity contribution is 6.08. The molecular weight excluding hydrogens is 588 g/mol. The van der Waals surface area contributed by atoms with Gasteiger partial charge in [-0.05, 0) is 101 Å². The van der Waals surface area contributed by atoms with Crippen molar-refractivity contribution in [3.8, 4) is 17.4 Å². The van der Waals surface area contributed by atoms with Crippen LogP contribution in [0.3, 0.4) is 0 Å². The van der Waals surface area contributed by atoms with Gasteiger partial charge in [0.1, 0.15) is 18.8 Å². The fraction of sp³-hybridized carbons (Fsp3) is 0.314. The summed E-state index contributed by atoms with van der Waals surface area (Å²) in [6.07, 6.45) is 1.04. The molecule has 0 atom stereocenters. The van der Waals surface area contributed by atoms with Crippen LogP contribution in [-0.4, -0.2) is 54.9 Å². The summed E-state index contributed by atoms with van der Waals surface area (Å²) in [5.41, 5.74) is 3.02. The number of rotatable bonds is 10. The number of amides is 3. The minimum Gasteiger partial charge on any atom is -0.486 e. The summed E-state index contributed by atoms with van der Waals surface area (Å²) in [7, 11) is 0. The molecule has 46 heavy (non-hydrogen) atoms. The zero-order valence-electron chi connectivity index (χ0n) is 26.4. The lowest BCUT2D eigenvalue weighted by molar-refractivity contribution is 0.0526. The van der Waals surface area contributed by atoms with Gasteiger partial charge in [0.15, 0.2) is 11.5 Å². The van der Waals surface area contributed by atoms with Crippen molar-refractivity contribution in [2.24, 2.45) is 0 Å². The minimum absolute atomic E-state index is 0.291. The number of hydrogen-bond donors (Lipinski definition) is 3. The van der Waals surface area contributed by atoms with E-state index >= 15 is 0 Å². The molecule has 240 valence electrons. The number of alkyl carbamates (subject to hydrolysis) is 1. The van der Waals surface area contributed by atoms with Crippen LogP contribution >= 0.6 is 0 Å². The molecule has 1 aliphatic heterocycles. The predicted octanol–water partition coefficient (Wildman–Crippen LogP) is 6.50. The number of fused-ring (bicyclic) bond motifs is 2. The SMILES string of the molecule is Cc1ccc(NC(=O)c2ccc3c(c2)OCCO3)cc1NC(=O)c1ccc2nc(OCCCCNC(=O)OC(C)(C)C)ccc2c1. The van der Waals surface area contributed by atoms with Gasteiger partial charge >= 0.3 is 6.09 Å². The zero-order chi connectivity index (χ0) is 32.7. The van der Waals surface area contributed by atoms with Crippen molar-refractivity contribution in [1.82, 2.24) is 10.3 Å². The zero-order valence-corrected chi connectivity index (χ0v) is 26.4. The van der Waals surface area contributed by atoms with E-state index in [4.69, 9.17) is 18.9 Å². The summed E-state index contributed by atoms with van der Waals surface area (Å²) < 4.78 is 22.1. The van der Waals surface area contributed by atoms with E-state index in [1.165, 1.54) is 0 Å². The average molecular weight is 627 g/mol. The van der Waals surface area contributed by atoms with Crippen molar-refractivity contribution in [3.63, 3.8) is 0 Å². The molecule has 0 saturated carbocycles. The van der Waals surface area contributed by atoms with Gasteiger partial charge in [-0.25, -0.2) is 9.78 Å². The maximum Gasteiger partial charge on any atom is 0.407 e. The second-order valence-electron chi connectivity index (χ2n) is 11.8. The Morgan fingerprint density at radius 3 is 2.37 bits per heavy atom. The summed E-state index contributed by atoms with van der Waals surface area (Å²) >= 11 is 0. The van der Waals surface area contributed by atoms with Crippen molar-refractivity contribution < 1.29 is 33.3 Å². The predicted molar refractivity (Wildman–Crippen MR) is 175 cm³/mol. The Labute approximate surface area is 267 Å². The molecular formula is C35H38N4O7. The Kier molecular flexibility index (Phi) is 9.90. The van der Waals surface area contributed by atoms with Gasteiger partial charge in [0, 0.05) is 40.5 Å². The number of aromatic nitrogens is 1. The number of unbranched alkanes of at least 4 members (excludes halogenated alkanes) is 1. The number of hydrogen-bond acceptors (Lipinski definition) is 8. The highest BCUT2D eigenvalue weighted by Crippen LogP contribution is 2.31. The molecule has 0 bridgehead atoms. The molecule has 5 rings (SSSR count). The standard InChI is InChI=1S/C35H38N4O7/c1-22-7-11-26(37-32(40)25-9-13-29-30(20-25)44-18-17-43-29)21-28(22)39-33(41)24-8-12-27-23(19-24)10-14-31(38-27)45-16-6-5-15-36-34(42)46-35(2,3)4/h7-14,19-21H,5-6,15-18H2,1-4H3,(H,36,42)(H,37,40)(H,39,41). The number of aryl methyl sites for hydroxylation is 1. The molecule has 1 aliphatic rings. The van der Waals surface area contributed by atoms with E-state index in [-0.39, 0.29) is 11.8 Å². The number of nitrogens with zero attached hydrogens (tertiary/aromatic N) is 1. The molecule has 11 nitrogen and oxygen atoms in total. The molecule has 0 saturated heterocycles. The number of carbonyl (C=O) groups is 3. The van der Waals surface area contributed by atoms with Crippen molar-refractivity contribution in [2.45, 2.75) is 46.1 Å². The van der Waals surface area contributed by atoms with Crippen LogP contribution in [0.4, 0.5) is 16.2 Å². The molecule has 4 aromatic rings. The number of carbonyl (C=O) groups excluding carboxylic acids is 3. The Morgan fingerprint density at radius 1 is 0.826 bits per heavy atom. The topological polar surface area (TPSA) is 137 Å². The molecule has 0 fully saturated rings. The van der Waals surface area contributed by atoms with E-state index in [0.717, 1.165) is 23.8 Å². The first-order chi connectivity index (χ1) is 22.0. The van der Waals surface area contributed by atoms with E-state index in [1.54, 1.807) is 54.6 Å². The Balaban J connectivity index is 1.14. The lowest BCUT2D eigenvalue weighted by Crippen LogP contribution is -2.33. The van der Waals surface area contributed by atoms with Gasteiger partial charge in [-0.1, -0.05) is 6.07 Å². The second kappa shape index (κ2) is 14.2. The van der Waals surface area contributed by atoms with Crippen LogP contribution in [0.25, 0.3) is 10.9 Å². The number of pyridine rings is 1. The van der Waals surface area contributed by atoms with E-state index in [9.17, 15) is 14.4 Å². The quantitative estimate of drug-likeness (QED) is 0.170. The number of anilines is 2. The summed E-state index contributed by atoms with van der Waals surface area (Å²) in [6.45, 7) is 9.20. The Bertz CT molecular complexity index is 1750. The van der Waals surface area contributed by atoms with Crippen molar-refractivity contribution in [2.75, 3.05) is 37.0 Å². The first-order valence-electron chi connectivity index (χ1n) is 15.2. The first kappa shape index (κ1) is 32.1. The van der Waals surface area contributed by atoms with Crippen LogP contribution in [0.15, 0.2) is 66.7 Å². The lowest BCUT2D eigenvalue weighted by atomic mass is 10.1. The maximum atomic E-state index is 13.2. The second-order valence-corrected chi connectivity index (χ2v) is 11.8. The van der Waals surface area contributed by atoms with Crippen LogP contribution in [0.1, 0.15) is 59.9 Å². The van der Waals surface area contributed by atoms with E-state index in [1.807, 2.05) is 39.8 Å². The molecule has 0 aliphatic carbocycles. The Morgan fingerprint density at radius 2 is 1.57 bits per heavy atom. The molecule has 1 aromatic heterocycles. The summed E-state index contributed by atoms with van der Waals surface area (Å²) in [6, 6.07) is 19.3. The number of ether oxygens (including phenoxy) is 4. The lowest BCUT2D eigenvalue weighted by Gasteiger charge is -2.19. The van der Waals surface area contributed by atoms with E-state index < -0.39 is 11.7 Å². The van der Waals surface area contributed by atoms with E-state index in [0.29, 0.717) is 71.8 Å². The van der Waals surface area contributed by atoms with Gasteiger partial charge < -0.3 is 34.9 Å². The highest BCUT2D eigenvalue weighted by atomic mass is 16.6. The summed E-state index contributed by atoms with van der Waals surface area (Å²) in [5, 5.41) is 9.36. The van der Waals surface area contributed by atoms with Gasteiger partial charge in [-0.2, -0.15) is 0 Å². The first-order valence-corrected chi connectivity index (χ1v) is 15.2. The van der Waals surface area contributed by atoms with Crippen molar-refractivity contribution >= 4 is 40.2 Å². The number of benzene rings is 3. The average Bonchev–Trinajstić information content (AvgIpc) is 3.02. The smallest absolute Gasteiger partial charge is 0.407 e. The third kappa shape index (κ3) is 8.65.